The summed E-state index contributed by atoms with van der Waals surface area (Å²) in [5, 5.41) is 8.45. The van der Waals surface area contributed by atoms with Crippen LogP contribution in [0.5, 0.6) is 0 Å². The molecule has 2 aromatic carbocycles. The highest BCUT2D eigenvalue weighted by Gasteiger charge is 2.36. The number of anilines is 1. The Kier molecular flexibility index (Phi) is 6.14. The quantitative estimate of drug-likeness (QED) is 0.617. The number of urea groups is 1. The van der Waals surface area contributed by atoms with Crippen LogP contribution in [0.15, 0.2) is 36.4 Å². The fourth-order valence-electron chi connectivity index (χ4n) is 4.05. The lowest BCUT2D eigenvalue weighted by molar-refractivity contribution is -0.129. The molecule has 0 aliphatic carbocycles. The molecule has 2 aromatic rings. The van der Waals surface area contributed by atoms with Gasteiger partial charge >= 0.3 is 6.03 Å². The predicted octanol–water partition coefficient (Wildman–Crippen LogP) is 3.12. The third-order valence-corrected chi connectivity index (χ3v) is 6.21. The maximum atomic E-state index is 13.0. The second kappa shape index (κ2) is 9.00. The highest BCUT2D eigenvalue weighted by atomic mass is 35.5. The van der Waals surface area contributed by atoms with Gasteiger partial charge in [0.2, 0.25) is 11.8 Å². The first-order valence-corrected chi connectivity index (χ1v) is 10.7. The monoisotopic (exact) mass is 454 g/mol. The van der Waals surface area contributed by atoms with Crippen molar-refractivity contribution in [2.24, 2.45) is 0 Å². The molecule has 2 heterocycles. The summed E-state index contributed by atoms with van der Waals surface area (Å²) in [6.45, 7) is 2.46. The Morgan fingerprint density at radius 3 is 2.78 bits per heavy atom. The number of halogens is 1. The lowest BCUT2D eigenvalue weighted by atomic mass is 10.0. The Hall–Kier alpha value is -3.39. The van der Waals surface area contributed by atoms with Gasteiger partial charge in [-0.25, -0.2) is 4.79 Å². The normalized spacial score (nSPS) is 18.1. The Morgan fingerprint density at radius 1 is 1.19 bits per heavy atom. The maximum absolute atomic E-state index is 13.0. The van der Waals surface area contributed by atoms with E-state index in [0.717, 1.165) is 16.7 Å². The fraction of sp³-hybridized carbons (Fsp3) is 0.304. The van der Waals surface area contributed by atoms with E-state index in [0.29, 0.717) is 29.2 Å². The predicted molar refractivity (Wildman–Crippen MR) is 119 cm³/mol. The van der Waals surface area contributed by atoms with Crippen molar-refractivity contribution in [3.8, 4) is 0 Å². The fourth-order valence-corrected chi connectivity index (χ4v) is 4.23. The molecule has 0 spiro atoms. The number of aryl methyl sites for hydroxylation is 1. The van der Waals surface area contributed by atoms with Gasteiger partial charge in [0.15, 0.2) is 0 Å². The number of hydrogen-bond donors (Lipinski definition) is 3. The van der Waals surface area contributed by atoms with Gasteiger partial charge in [-0.05, 0) is 48.2 Å². The van der Waals surface area contributed by atoms with Crippen molar-refractivity contribution in [2.75, 3.05) is 5.32 Å². The van der Waals surface area contributed by atoms with E-state index in [4.69, 9.17) is 11.6 Å². The smallest absolute Gasteiger partial charge is 0.319 e. The summed E-state index contributed by atoms with van der Waals surface area (Å²) in [6, 6.07) is 9.94. The number of carbonyl (C=O) groups is 4. The number of fused-ring (bicyclic) bond motifs is 1. The van der Waals surface area contributed by atoms with Crippen molar-refractivity contribution in [1.82, 2.24) is 15.5 Å². The van der Waals surface area contributed by atoms with E-state index in [2.05, 4.69) is 16.0 Å². The Morgan fingerprint density at radius 2 is 2.00 bits per heavy atom. The van der Waals surface area contributed by atoms with Gasteiger partial charge in [0.1, 0.15) is 0 Å². The van der Waals surface area contributed by atoms with Crippen molar-refractivity contribution < 1.29 is 19.2 Å². The van der Waals surface area contributed by atoms with Crippen LogP contribution in [-0.2, 0) is 22.7 Å². The molecule has 9 heteroatoms. The van der Waals surface area contributed by atoms with Gasteiger partial charge in [0, 0.05) is 48.2 Å². The van der Waals surface area contributed by atoms with Crippen LogP contribution in [0.3, 0.4) is 0 Å². The standard InChI is InChI=1S/C23H23ClN4O4/c1-13-5-6-15(9-19(13)24)26-23(32)25-11-14-3-2-4-17-18(14)12-28(22(17)31)16-7-8-20(29)27-21(30)10-16/h2-6,9,16H,7-8,10-12H2,1H3,(H2,25,26,32)(H,27,29,30). The lowest BCUT2D eigenvalue weighted by Crippen LogP contribution is -2.37. The van der Waals surface area contributed by atoms with E-state index in [1.54, 1.807) is 29.2 Å². The Bertz CT molecular complexity index is 1120. The second-order valence-electron chi connectivity index (χ2n) is 8.02. The van der Waals surface area contributed by atoms with Crippen LogP contribution < -0.4 is 16.0 Å². The summed E-state index contributed by atoms with van der Waals surface area (Å²) in [5.41, 5.74) is 3.71. The van der Waals surface area contributed by atoms with Crippen LogP contribution in [0.25, 0.3) is 0 Å². The molecule has 1 saturated heterocycles. The lowest BCUT2D eigenvalue weighted by Gasteiger charge is -2.25. The molecule has 2 aliphatic rings. The van der Waals surface area contributed by atoms with Crippen LogP contribution >= 0.6 is 11.6 Å². The van der Waals surface area contributed by atoms with Gasteiger partial charge in [-0.3, -0.25) is 19.7 Å². The molecule has 0 bridgehead atoms. The third-order valence-electron chi connectivity index (χ3n) is 5.81. The van der Waals surface area contributed by atoms with Gasteiger partial charge in [0.05, 0.1) is 0 Å². The SMILES string of the molecule is Cc1ccc(NC(=O)NCc2cccc3c2CN(C2CCC(=O)NC(=O)C2)C3=O)cc1Cl. The molecule has 0 radical (unpaired) electrons. The van der Waals surface area contributed by atoms with Crippen LogP contribution in [0.4, 0.5) is 10.5 Å². The average Bonchev–Trinajstić information content (AvgIpc) is 2.99. The number of nitrogens with one attached hydrogen (secondary N) is 3. The summed E-state index contributed by atoms with van der Waals surface area (Å²) >= 11 is 6.10. The van der Waals surface area contributed by atoms with Crippen molar-refractivity contribution >= 4 is 41.0 Å². The Labute approximate surface area is 190 Å². The molecule has 3 N–H and O–H groups in total. The first kappa shape index (κ1) is 21.8. The minimum atomic E-state index is -0.386. The number of benzene rings is 2. The van der Waals surface area contributed by atoms with Crippen molar-refractivity contribution in [1.29, 1.82) is 0 Å². The number of hydrogen-bond acceptors (Lipinski definition) is 4. The van der Waals surface area contributed by atoms with Crippen molar-refractivity contribution in [2.45, 2.75) is 45.3 Å². The molecule has 0 aromatic heterocycles. The second-order valence-corrected chi connectivity index (χ2v) is 8.42. The average molecular weight is 455 g/mol. The number of carbonyl (C=O) groups excluding carboxylic acids is 4. The molecule has 32 heavy (non-hydrogen) atoms. The zero-order valence-corrected chi connectivity index (χ0v) is 18.3. The van der Waals surface area contributed by atoms with Crippen molar-refractivity contribution in [3.05, 3.63) is 63.7 Å². The van der Waals surface area contributed by atoms with Crippen molar-refractivity contribution in [3.63, 3.8) is 0 Å². The molecule has 166 valence electrons. The summed E-state index contributed by atoms with van der Waals surface area (Å²) in [7, 11) is 0. The van der Waals surface area contributed by atoms with Crippen LogP contribution in [-0.4, -0.2) is 34.7 Å². The van der Waals surface area contributed by atoms with E-state index in [9.17, 15) is 19.2 Å². The van der Waals surface area contributed by atoms with Gasteiger partial charge in [-0.15, -0.1) is 0 Å². The molecular weight excluding hydrogens is 432 g/mol. The first-order chi connectivity index (χ1) is 15.3. The Balaban J connectivity index is 1.43. The van der Waals surface area contributed by atoms with Crippen LogP contribution in [0.1, 0.15) is 46.3 Å². The highest BCUT2D eigenvalue weighted by molar-refractivity contribution is 6.31. The van der Waals surface area contributed by atoms with E-state index < -0.39 is 0 Å². The van der Waals surface area contributed by atoms with E-state index in [1.807, 2.05) is 19.1 Å². The van der Waals surface area contributed by atoms with Crippen LogP contribution in [0.2, 0.25) is 5.02 Å². The van der Waals surface area contributed by atoms with Gasteiger partial charge < -0.3 is 15.5 Å². The van der Waals surface area contributed by atoms with Gasteiger partial charge in [-0.1, -0.05) is 29.8 Å². The van der Waals surface area contributed by atoms with Gasteiger partial charge in [0.25, 0.3) is 5.91 Å². The van der Waals surface area contributed by atoms with E-state index in [1.165, 1.54) is 0 Å². The summed E-state index contributed by atoms with van der Waals surface area (Å²) < 4.78 is 0. The largest absolute Gasteiger partial charge is 0.334 e. The number of rotatable bonds is 4. The van der Waals surface area contributed by atoms with Crippen LogP contribution in [0, 0.1) is 6.92 Å². The third kappa shape index (κ3) is 4.60. The molecule has 1 unspecified atom stereocenters. The van der Waals surface area contributed by atoms with E-state index in [-0.39, 0.29) is 49.2 Å². The molecular formula is C23H23ClN4O4. The topological polar surface area (TPSA) is 108 Å². The maximum Gasteiger partial charge on any atom is 0.319 e. The first-order valence-electron chi connectivity index (χ1n) is 10.4. The zero-order valence-electron chi connectivity index (χ0n) is 17.5. The van der Waals surface area contributed by atoms with Gasteiger partial charge in [-0.2, -0.15) is 0 Å². The molecule has 0 saturated carbocycles. The highest BCUT2D eigenvalue weighted by Crippen LogP contribution is 2.30. The summed E-state index contributed by atoms with van der Waals surface area (Å²) in [6.07, 6.45) is 0.737. The summed E-state index contributed by atoms with van der Waals surface area (Å²) in [4.78, 5) is 50.6. The minimum absolute atomic E-state index is 0.0978. The number of imide groups is 1. The zero-order chi connectivity index (χ0) is 22.8. The molecule has 1 atom stereocenters. The molecule has 1 fully saturated rings. The molecule has 5 amide bonds. The number of nitrogens with zero attached hydrogens (tertiary/aromatic N) is 1. The molecule has 4 rings (SSSR count). The van der Waals surface area contributed by atoms with E-state index >= 15 is 0 Å². The molecule has 8 nitrogen and oxygen atoms in total. The number of amides is 5. The molecule has 2 aliphatic heterocycles. The minimum Gasteiger partial charge on any atom is -0.334 e. The summed E-state index contributed by atoms with van der Waals surface area (Å²) in [5.74, 6) is -0.837.